The molecule has 2 heteroatoms. The second-order valence-electron chi connectivity index (χ2n) is 8.28. The van der Waals surface area contributed by atoms with Crippen LogP contribution in [0.5, 0.6) is 0 Å². The van der Waals surface area contributed by atoms with E-state index in [-0.39, 0.29) is 11.4 Å². The highest BCUT2D eigenvalue weighted by Crippen LogP contribution is 2.75. The highest BCUT2D eigenvalue weighted by atomic mass is 16.5. The topological polar surface area (TPSA) is 26.3 Å². The van der Waals surface area contributed by atoms with Gasteiger partial charge < -0.3 is 4.74 Å². The van der Waals surface area contributed by atoms with Gasteiger partial charge in [0.1, 0.15) is 0 Å². The van der Waals surface area contributed by atoms with E-state index in [4.69, 9.17) is 4.74 Å². The number of esters is 1. The molecule has 0 amide bonds. The van der Waals surface area contributed by atoms with E-state index in [1.807, 2.05) is 0 Å². The molecular formula is C17H24O2. The Balaban J connectivity index is 1.56. The number of cyclic esters (lactones) is 1. The molecule has 4 bridgehead atoms. The summed E-state index contributed by atoms with van der Waals surface area (Å²) in [7, 11) is 0. The van der Waals surface area contributed by atoms with Crippen LogP contribution in [0.4, 0.5) is 0 Å². The van der Waals surface area contributed by atoms with Crippen molar-refractivity contribution in [2.24, 2.45) is 52.8 Å². The van der Waals surface area contributed by atoms with E-state index in [0.29, 0.717) is 12.5 Å². The predicted octanol–water partition coefficient (Wildman–Crippen LogP) is 3.11. The summed E-state index contributed by atoms with van der Waals surface area (Å²) in [4.78, 5) is 12.3. The van der Waals surface area contributed by atoms with Crippen molar-refractivity contribution in [1.82, 2.24) is 0 Å². The zero-order chi connectivity index (χ0) is 12.9. The fourth-order valence-electron chi connectivity index (χ4n) is 7.51. The Kier molecular flexibility index (Phi) is 1.88. The second kappa shape index (κ2) is 3.20. The number of carbonyl (C=O) groups excluding carboxylic acids is 1. The Hall–Kier alpha value is -0.530. The molecule has 1 heterocycles. The van der Waals surface area contributed by atoms with Crippen molar-refractivity contribution in [3.05, 3.63) is 0 Å². The lowest BCUT2D eigenvalue weighted by Crippen LogP contribution is -2.45. The van der Waals surface area contributed by atoms with Crippen LogP contribution >= 0.6 is 0 Å². The molecule has 9 unspecified atom stereocenters. The van der Waals surface area contributed by atoms with Crippen LogP contribution in [-0.4, -0.2) is 12.6 Å². The molecule has 1 aliphatic heterocycles. The Labute approximate surface area is 115 Å². The van der Waals surface area contributed by atoms with Gasteiger partial charge in [-0.05, 0) is 73.0 Å². The van der Waals surface area contributed by atoms with Gasteiger partial charge in [-0.1, -0.05) is 13.8 Å². The Bertz CT molecular complexity index is 458. The zero-order valence-electron chi connectivity index (χ0n) is 12.0. The number of fused-ring (bicyclic) bond motifs is 10. The lowest BCUT2D eigenvalue weighted by Gasteiger charge is -2.46. The number of rotatable bonds is 0. The van der Waals surface area contributed by atoms with Gasteiger partial charge >= 0.3 is 5.97 Å². The van der Waals surface area contributed by atoms with Crippen LogP contribution in [0.3, 0.4) is 0 Å². The normalized spacial score (nSPS) is 65.1. The molecule has 0 aromatic carbocycles. The van der Waals surface area contributed by atoms with Crippen molar-refractivity contribution in [2.45, 2.75) is 39.5 Å². The third-order valence-corrected chi connectivity index (χ3v) is 8.25. The molecular weight excluding hydrogens is 236 g/mol. The number of carbonyl (C=O) groups is 1. The van der Waals surface area contributed by atoms with E-state index in [1.165, 1.54) is 19.3 Å². The van der Waals surface area contributed by atoms with Gasteiger partial charge in [0.15, 0.2) is 0 Å². The smallest absolute Gasteiger partial charge is 0.312 e. The maximum atomic E-state index is 12.3. The molecule has 2 nitrogen and oxygen atoms in total. The molecule has 0 aromatic heterocycles. The van der Waals surface area contributed by atoms with Crippen LogP contribution in [0.1, 0.15) is 39.5 Å². The second-order valence-corrected chi connectivity index (χ2v) is 8.28. The molecule has 0 radical (unpaired) electrons. The number of hydrogen-bond acceptors (Lipinski definition) is 2. The maximum absolute atomic E-state index is 12.3. The summed E-state index contributed by atoms with van der Waals surface area (Å²) in [5.74, 6) is 7.27. The summed E-state index contributed by atoms with van der Waals surface area (Å²) >= 11 is 0. The van der Waals surface area contributed by atoms with E-state index in [0.717, 1.165) is 47.8 Å². The number of hydrogen-bond donors (Lipinski definition) is 0. The van der Waals surface area contributed by atoms with Crippen LogP contribution in [0.2, 0.25) is 0 Å². The first-order valence-electron chi connectivity index (χ1n) is 8.31. The van der Waals surface area contributed by atoms with Crippen molar-refractivity contribution in [3.8, 4) is 0 Å². The molecule has 104 valence electrons. The highest BCUT2D eigenvalue weighted by Gasteiger charge is 2.72. The first-order chi connectivity index (χ1) is 9.13. The molecule has 1 saturated heterocycles. The summed E-state index contributed by atoms with van der Waals surface area (Å²) in [5.41, 5.74) is -0.0285. The lowest BCUT2D eigenvalue weighted by atomic mass is 9.57. The quantitative estimate of drug-likeness (QED) is 0.494. The van der Waals surface area contributed by atoms with E-state index in [9.17, 15) is 4.79 Å². The van der Waals surface area contributed by atoms with Crippen molar-refractivity contribution < 1.29 is 9.53 Å². The molecule has 4 aliphatic carbocycles. The zero-order valence-corrected chi connectivity index (χ0v) is 12.0. The van der Waals surface area contributed by atoms with E-state index >= 15 is 0 Å². The Morgan fingerprint density at radius 3 is 2.53 bits per heavy atom. The molecule has 5 fully saturated rings. The van der Waals surface area contributed by atoms with Gasteiger partial charge in [-0.15, -0.1) is 0 Å². The first kappa shape index (κ1) is 11.2. The fourth-order valence-corrected chi connectivity index (χ4v) is 7.51. The van der Waals surface area contributed by atoms with Crippen LogP contribution < -0.4 is 0 Å². The minimum absolute atomic E-state index is 0.0285. The van der Waals surface area contributed by atoms with Crippen LogP contribution in [0, 0.1) is 52.8 Å². The van der Waals surface area contributed by atoms with Crippen molar-refractivity contribution in [1.29, 1.82) is 0 Å². The summed E-state index contributed by atoms with van der Waals surface area (Å²) in [5, 5.41) is 0. The average molecular weight is 260 g/mol. The molecule has 1 spiro atoms. The van der Waals surface area contributed by atoms with Crippen molar-refractivity contribution in [2.75, 3.05) is 6.61 Å². The van der Waals surface area contributed by atoms with Gasteiger partial charge in [-0.2, -0.15) is 0 Å². The first-order valence-corrected chi connectivity index (χ1v) is 8.31. The molecule has 19 heavy (non-hydrogen) atoms. The largest absolute Gasteiger partial charge is 0.465 e. The molecule has 9 atom stereocenters. The fraction of sp³-hybridized carbons (Fsp3) is 0.941. The molecule has 0 aromatic rings. The van der Waals surface area contributed by atoms with Gasteiger partial charge in [-0.25, -0.2) is 0 Å². The van der Waals surface area contributed by atoms with Crippen molar-refractivity contribution >= 4 is 5.97 Å². The number of ether oxygens (including phenoxy) is 1. The Morgan fingerprint density at radius 1 is 1.11 bits per heavy atom. The standard InChI is InChI=1S/C17H24O2/c1-8-9(2)12-6-11(8)14-10-5-13(15(12)14)17(7-10)3-4-19-16(17)18/h8-15H,3-7H2,1-2H3. The van der Waals surface area contributed by atoms with E-state index in [1.54, 1.807) is 0 Å². The van der Waals surface area contributed by atoms with Crippen LogP contribution in [-0.2, 0) is 9.53 Å². The van der Waals surface area contributed by atoms with Crippen LogP contribution in [0.25, 0.3) is 0 Å². The summed E-state index contributed by atoms with van der Waals surface area (Å²) in [6.07, 6.45) is 5.01. The minimum Gasteiger partial charge on any atom is -0.465 e. The summed E-state index contributed by atoms with van der Waals surface area (Å²) in [6.45, 7) is 5.65. The molecule has 4 saturated carbocycles. The minimum atomic E-state index is -0.0285. The van der Waals surface area contributed by atoms with Gasteiger partial charge in [0.25, 0.3) is 0 Å². The third-order valence-electron chi connectivity index (χ3n) is 8.25. The Morgan fingerprint density at radius 2 is 1.84 bits per heavy atom. The SMILES string of the molecule is CC1C(C)C2CC1C1C3CC(C21)C1(CCOC1=O)C3. The molecule has 5 rings (SSSR count). The maximum Gasteiger partial charge on any atom is 0.312 e. The van der Waals surface area contributed by atoms with Crippen molar-refractivity contribution in [3.63, 3.8) is 0 Å². The molecule has 0 N–H and O–H groups in total. The van der Waals surface area contributed by atoms with E-state index < -0.39 is 0 Å². The highest BCUT2D eigenvalue weighted by molar-refractivity contribution is 5.80. The predicted molar refractivity (Wildman–Crippen MR) is 71.1 cm³/mol. The van der Waals surface area contributed by atoms with Gasteiger partial charge in [0, 0.05) is 0 Å². The van der Waals surface area contributed by atoms with Gasteiger partial charge in [-0.3, -0.25) is 4.79 Å². The average Bonchev–Trinajstić information content (AvgIpc) is 3.12. The third kappa shape index (κ3) is 1.04. The van der Waals surface area contributed by atoms with Gasteiger partial charge in [0.2, 0.25) is 0 Å². The van der Waals surface area contributed by atoms with E-state index in [2.05, 4.69) is 13.8 Å². The molecule has 5 aliphatic rings. The summed E-state index contributed by atoms with van der Waals surface area (Å²) in [6, 6.07) is 0. The van der Waals surface area contributed by atoms with Crippen LogP contribution in [0.15, 0.2) is 0 Å². The monoisotopic (exact) mass is 260 g/mol. The summed E-state index contributed by atoms with van der Waals surface area (Å²) < 4.78 is 5.38. The van der Waals surface area contributed by atoms with Gasteiger partial charge in [0.05, 0.1) is 12.0 Å². The lowest BCUT2D eigenvalue weighted by molar-refractivity contribution is -0.151.